The van der Waals surface area contributed by atoms with Gasteiger partial charge in [-0.3, -0.25) is 10.6 Å². The molecule has 0 fully saturated rings. The van der Waals surface area contributed by atoms with Crippen molar-refractivity contribution in [3.8, 4) is 0 Å². The van der Waals surface area contributed by atoms with Crippen molar-refractivity contribution in [2.24, 2.45) is 0 Å². The van der Waals surface area contributed by atoms with Crippen LogP contribution in [0, 0.1) is 6.92 Å². The quantitative estimate of drug-likeness (QED) is 0.493. The van der Waals surface area contributed by atoms with Crippen molar-refractivity contribution in [2.45, 2.75) is 6.92 Å². The van der Waals surface area contributed by atoms with Crippen LogP contribution in [0.4, 0.5) is 10.5 Å². The van der Waals surface area contributed by atoms with Crippen LogP contribution in [0.3, 0.4) is 0 Å². The number of urea groups is 1. The van der Waals surface area contributed by atoms with E-state index in [4.69, 9.17) is 5.21 Å². The molecule has 5 nitrogen and oxygen atoms in total. The summed E-state index contributed by atoms with van der Waals surface area (Å²) in [4.78, 5) is 10.9. The Bertz CT molecular complexity index is 308. The van der Waals surface area contributed by atoms with Crippen LogP contribution >= 0.6 is 0 Å². The van der Waals surface area contributed by atoms with Crippen molar-refractivity contribution in [3.63, 3.8) is 0 Å². The largest absolute Gasteiger partial charge is 0.359 e. The van der Waals surface area contributed by atoms with E-state index >= 15 is 0 Å². The fourth-order valence-electron chi connectivity index (χ4n) is 0.843. The molecule has 0 radical (unpaired) electrons. The van der Waals surface area contributed by atoms with Crippen molar-refractivity contribution in [3.05, 3.63) is 29.8 Å². The van der Waals surface area contributed by atoms with Crippen molar-refractivity contribution in [1.82, 2.24) is 10.5 Å². The molecule has 5 heteroatoms. The monoisotopic (exact) mass is 195 g/mol. The molecule has 1 aromatic carbocycles. The third-order valence-corrected chi connectivity index (χ3v) is 1.66. The highest BCUT2D eigenvalue weighted by atomic mass is 16.5. The number of benzene rings is 1. The van der Waals surface area contributed by atoms with Crippen LogP contribution in [-0.2, 0) is 0 Å². The molecule has 1 rings (SSSR count). The second-order valence-electron chi connectivity index (χ2n) is 2.94. The molecular formula is C9H13N3O2. The van der Waals surface area contributed by atoms with Gasteiger partial charge in [0.25, 0.3) is 0 Å². The maximum Gasteiger partial charge on any atom is 0.359 e. The van der Waals surface area contributed by atoms with E-state index in [2.05, 4.69) is 10.9 Å². The zero-order chi connectivity index (χ0) is 10.6. The number of hydrogen-bond acceptors (Lipinski definition) is 3. The minimum Gasteiger partial charge on any atom is -0.297 e. The van der Waals surface area contributed by atoms with Gasteiger partial charge < -0.3 is 0 Å². The molecule has 0 heterocycles. The van der Waals surface area contributed by atoms with Crippen molar-refractivity contribution in [2.75, 3.05) is 12.5 Å². The molecule has 3 N–H and O–H groups in total. The number of nitrogens with one attached hydrogen (secondary N) is 2. The maximum atomic E-state index is 10.9. The highest BCUT2D eigenvalue weighted by molar-refractivity contribution is 5.74. The maximum absolute atomic E-state index is 10.9. The van der Waals surface area contributed by atoms with E-state index < -0.39 is 6.03 Å². The molecule has 0 saturated heterocycles. The fourth-order valence-corrected chi connectivity index (χ4v) is 0.843. The van der Waals surface area contributed by atoms with Gasteiger partial charge in [0, 0.05) is 7.05 Å². The number of carbonyl (C=O) groups is 1. The highest BCUT2D eigenvalue weighted by Crippen LogP contribution is 2.06. The fraction of sp³-hybridized carbons (Fsp3) is 0.222. The molecule has 0 atom stereocenters. The molecule has 76 valence electrons. The van der Waals surface area contributed by atoms with Gasteiger partial charge in [0.1, 0.15) is 0 Å². The standard InChI is InChI=1S/C9H13N3O2/c1-7-3-5-8(6-4-7)10-11-9(13)12(2)14/h3-6,10,14H,1-2H3,(H,11,13). The molecule has 0 aliphatic heterocycles. The summed E-state index contributed by atoms with van der Waals surface area (Å²) in [5.74, 6) is 0. The van der Waals surface area contributed by atoms with Gasteiger partial charge in [-0.2, -0.15) is 0 Å². The summed E-state index contributed by atoms with van der Waals surface area (Å²) in [5.41, 5.74) is 6.85. The normalized spacial score (nSPS) is 9.36. The summed E-state index contributed by atoms with van der Waals surface area (Å²) < 4.78 is 0. The predicted molar refractivity (Wildman–Crippen MR) is 52.9 cm³/mol. The van der Waals surface area contributed by atoms with Crippen molar-refractivity contribution in [1.29, 1.82) is 0 Å². The van der Waals surface area contributed by atoms with Gasteiger partial charge in [-0.05, 0) is 19.1 Å². The van der Waals surface area contributed by atoms with E-state index in [0.29, 0.717) is 5.06 Å². The zero-order valence-corrected chi connectivity index (χ0v) is 8.11. The summed E-state index contributed by atoms with van der Waals surface area (Å²) in [5, 5.41) is 9.18. The molecule has 0 spiro atoms. The second-order valence-corrected chi connectivity index (χ2v) is 2.94. The lowest BCUT2D eigenvalue weighted by Crippen LogP contribution is -2.38. The van der Waals surface area contributed by atoms with E-state index in [9.17, 15) is 4.79 Å². The number of hydroxylamine groups is 2. The summed E-state index contributed by atoms with van der Waals surface area (Å²) in [6, 6.07) is 6.86. The first-order valence-electron chi connectivity index (χ1n) is 4.15. The number of hydrazine groups is 1. The first-order valence-corrected chi connectivity index (χ1v) is 4.15. The van der Waals surface area contributed by atoms with Crippen molar-refractivity contribution >= 4 is 11.7 Å². The van der Waals surface area contributed by atoms with Crippen LogP contribution in [0.2, 0.25) is 0 Å². The second kappa shape index (κ2) is 4.48. The van der Waals surface area contributed by atoms with Gasteiger partial charge in [0.05, 0.1) is 5.69 Å². The van der Waals surface area contributed by atoms with Crippen LogP contribution in [0.15, 0.2) is 24.3 Å². The number of rotatable bonds is 2. The minimum atomic E-state index is -0.620. The van der Waals surface area contributed by atoms with E-state index in [0.717, 1.165) is 11.3 Å². The van der Waals surface area contributed by atoms with E-state index in [1.165, 1.54) is 7.05 Å². The Labute approximate surface area is 82.3 Å². The first-order chi connectivity index (χ1) is 6.59. The Morgan fingerprint density at radius 1 is 1.36 bits per heavy atom. The average molecular weight is 195 g/mol. The predicted octanol–water partition coefficient (Wildman–Crippen LogP) is 1.35. The van der Waals surface area contributed by atoms with Gasteiger partial charge in [-0.1, -0.05) is 17.7 Å². The molecule has 1 aromatic rings. The molecule has 2 amide bonds. The molecule has 0 unspecified atom stereocenters. The average Bonchev–Trinajstić information content (AvgIpc) is 2.16. The number of nitrogens with zero attached hydrogens (tertiary/aromatic N) is 1. The van der Waals surface area contributed by atoms with Gasteiger partial charge in [-0.15, -0.1) is 0 Å². The molecule has 0 saturated carbocycles. The number of hydrogen-bond donors (Lipinski definition) is 3. The van der Waals surface area contributed by atoms with Crippen LogP contribution in [0.1, 0.15) is 5.56 Å². The Morgan fingerprint density at radius 2 is 1.93 bits per heavy atom. The number of aryl methyl sites for hydroxylation is 1. The summed E-state index contributed by atoms with van der Waals surface area (Å²) in [6.07, 6.45) is 0. The van der Waals surface area contributed by atoms with Crippen LogP contribution in [0.5, 0.6) is 0 Å². The van der Waals surface area contributed by atoms with E-state index in [1.807, 2.05) is 31.2 Å². The van der Waals surface area contributed by atoms with Gasteiger partial charge in [0.2, 0.25) is 0 Å². The SMILES string of the molecule is Cc1ccc(NNC(=O)N(C)O)cc1. The summed E-state index contributed by atoms with van der Waals surface area (Å²) in [6.45, 7) is 1.98. The van der Waals surface area contributed by atoms with E-state index in [-0.39, 0.29) is 0 Å². The molecule has 0 aliphatic rings. The summed E-state index contributed by atoms with van der Waals surface area (Å²) in [7, 11) is 1.24. The molecule has 14 heavy (non-hydrogen) atoms. The molecule has 0 bridgehead atoms. The minimum absolute atomic E-state index is 0.460. The van der Waals surface area contributed by atoms with Crippen LogP contribution < -0.4 is 10.9 Å². The third kappa shape index (κ3) is 2.95. The van der Waals surface area contributed by atoms with Gasteiger partial charge in [0.15, 0.2) is 0 Å². The summed E-state index contributed by atoms with van der Waals surface area (Å²) >= 11 is 0. The Morgan fingerprint density at radius 3 is 2.43 bits per heavy atom. The lowest BCUT2D eigenvalue weighted by Gasteiger charge is -2.11. The van der Waals surface area contributed by atoms with Crippen LogP contribution in [0.25, 0.3) is 0 Å². The Balaban J connectivity index is 2.46. The first kappa shape index (κ1) is 10.3. The van der Waals surface area contributed by atoms with Gasteiger partial charge >= 0.3 is 6.03 Å². The third-order valence-electron chi connectivity index (χ3n) is 1.66. The smallest absolute Gasteiger partial charge is 0.297 e. The topological polar surface area (TPSA) is 64.6 Å². The number of carbonyl (C=O) groups excluding carboxylic acids is 1. The lowest BCUT2D eigenvalue weighted by molar-refractivity contribution is -0.0174. The Kier molecular flexibility index (Phi) is 3.30. The molecule has 0 aliphatic carbocycles. The molecular weight excluding hydrogens is 182 g/mol. The van der Waals surface area contributed by atoms with Crippen molar-refractivity contribution < 1.29 is 10.0 Å². The molecule has 0 aromatic heterocycles. The Hall–Kier alpha value is -1.75. The highest BCUT2D eigenvalue weighted by Gasteiger charge is 2.02. The van der Waals surface area contributed by atoms with E-state index in [1.54, 1.807) is 0 Å². The van der Waals surface area contributed by atoms with Crippen LogP contribution in [-0.4, -0.2) is 23.3 Å². The lowest BCUT2D eigenvalue weighted by atomic mass is 10.2. The number of anilines is 1. The number of amides is 2. The zero-order valence-electron chi connectivity index (χ0n) is 8.11. The van der Waals surface area contributed by atoms with Gasteiger partial charge in [-0.25, -0.2) is 15.3 Å².